The number of ether oxygens (including phenoxy) is 2. The van der Waals surface area contributed by atoms with Gasteiger partial charge in [-0.15, -0.1) is 0 Å². The van der Waals surface area contributed by atoms with Crippen LogP contribution in [0.2, 0.25) is 0 Å². The molecule has 0 radical (unpaired) electrons. The number of rotatable bonds is 4. The van der Waals surface area contributed by atoms with Gasteiger partial charge >= 0.3 is 17.7 Å². The second-order valence-electron chi connectivity index (χ2n) is 9.41. The smallest absolute Gasteiger partial charge is 0.408 e. The summed E-state index contributed by atoms with van der Waals surface area (Å²) in [4.78, 5) is 37.5. The summed E-state index contributed by atoms with van der Waals surface area (Å²) in [6.45, 7) is 10.6. The van der Waals surface area contributed by atoms with Crippen LogP contribution in [0.15, 0.2) is 21.3 Å². The van der Waals surface area contributed by atoms with Crippen LogP contribution in [0.1, 0.15) is 64.2 Å². The number of amides is 1. The Balaban J connectivity index is 1.87. The zero-order valence-corrected chi connectivity index (χ0v) is 19.1. The average molecular weight is 430 g/mol. The number of alkyl carbamates (subject to hydrolysis) is 1. The summed E-state index contributed by atoms with van der Waals surface area (Å²) < 4.78 is 16.5. The first-order valence-electron chi connectivity index (χ1n) is 10.8. The quantitative estimate of drug-likeness (QED) is 0.439. The monoisotopic (exact) mass is 429 g/mol. The molecule has 7 heteroatoms. The van der Waals surface area contributed by atoms with Crippen molar-refractivity contribution in [2.75, 3.05) is 0 Å². The maximum Gasteiger partial charge on any atom is 0.408 e. The van der Waals surface area contributed by atoms with Gasteiger partial charge in [0.15, 0.2) is 0 Å². The van der Waals surface area contributed by atoms with Crippen molar-refractivity contribution in [1.82, 2.24) is 5.32 Å². The second kappa shape index (κ2) is 8.73. The molecule has 1 aromatic carbocycles. The van der Waals surface area contributed by atoms with Gasteiger partial charge in [0.1, 0.15) is 23.0 Å². The van der Waals surface area contributed by atoms with Gasteiger partial charge in [0.2, 0.25) is 0 Å². The SMILES string of the molecule is Cc1c(OC(=O)C(NC(=O)OC(C)(C)C)C(C)C)ccc2c3c(c(=O)oc12)CCCC3. The van der Waals surface area contributed by atoms with E-state index in [1.54, 1.807) is 33.8 Å². The molecule has 0 saturated carbocycles. The van der Waals surface area contributed by atoms with Gasteiger partial charge in [0.05, 0.1) is 0 Å². The fourth-order valence-corrected chi connectivity index (χ4v) is 3.84. The zero-order chi connectivity index (χ0) is 22.9. The molecule has 1 aromatic heterocycles. The summed E-state index contributed by atoms with van der Waals surface area (Å²) in [6, 6.07) is 2.67. The molecular formula is C24H31NO6. The van der Waals surface area contributed by atoms with E-state index in [0.29, 0.717) is 16.9 Å². The van der Waals surface area contributed by atoms with Crippen LogP contribution in [0.3, 0.4) is 0 Å². The normalized spacial score (nSPS) is 14.8. The third kappa shape index (κ3) is 5.09. The Morgan fingerprint density at radius 3 is 2.35 bits per heavy atom. The summed E-state index contributed by atoms with van der Waals surface area (Å²) in [5.41, 5.74) is 1.81. The number of fused-ring (bicyclic) bond motifs is 3. The molecule has 2 aromatic rings. The van der Waals surface area contributed by atoms with E-state index in [1.807, 2.05) is 19.9 Å². The minimum atomic E-state index is -0.888. The number of hydrogen-bond donors (Lipinski definition) is 1. The Morgan fingerprint density at radius 1 is 1.10 bits per heavy atom. The highest BCUT2D eigenvalue weighted by atomic mass is 16.6. The van der Waals surface area contributed by atoms with Crippen LogP contribution in [0, 0.1) is 12.8 Å². The molecule has 1 unspecified atom stereocenters. The Hall–Kier alpha value is -2.83. The van der Waals surface area contributed by atoms with Crippen LogP contribution in [-0.2, 0) is 22.4 Å². The zero-order valence-electron chi connectivity index (χ0n) is 19.1. The maximum atomic E-state index is 12.9. The molecule has 7 nitrogen and oxygen atoms in total. The van der Waals surface area contributed by atoms with Crippen LogP contribution in [0.25, 0.3) is 11.0 Å². The highest BCUT2D eigenvalue weighted by Crippen LogP contribution is 2.32. The summed E-state index contributed by atoms with van der Waals surface area (Å²) in [5.74, 6) is -0.526. The molecule has 1 aliphatic rings. The lowest BCUT2D eigenvalue weighted by molar-refractivity contribution is -0.138. The molecule has 0 fully saturated rings. The lowest BCUT2D eigenvalue weighted by Gasteiger charge is -2.25. The van der Waals surface area contributed by atoms with Crippen molar-refractivity contribution in [2.24, 2.45) is 5.92 Å². The minimum absolute atomic E-state index is 0.217. The molecule has 1 amide bonds. The van der Waals surface area contributed by atoms with Crippen molar-refractivity contribution in [3.8, 4) is 5.75 Å². The molecule has 1 aliphatic carbocycles. The summed E-state index contributed by atoms with van der Waals surface area (Å²) in [6.07, 6.45) is 2.91. The van der Waals surface area contributed by atoms with Gasteiger partial charge < -0.3 is 19.2 Å². The van der Waals surface area contributed by atoms with Crippen LogP contribution >= 0.6 is 0 Å². The number of esters is 1. The van der Waals surface area contributed by atoms with E-state index in [2.05, 4.69) is 5.32 Å². The van der Waals surface area contributed by atoms with E-state index < -0.39 is 23.7 Å². The molecule has 31 heavy (non-hydrogen) atoms. The van der Waals surface area contributed by atoms with Gasteiger partial charge in [-0.3, -0.25) is 0 Å². The molecular weight excluding hydrogens is 398 g/mol. The van der Waals surface area contributed by atoms with Crippen molar-refractivity contribution in [3.63, 3.8) is 0 Å². The molecule has 1 N–H and O–H groups in total. The van der Waals surface area contributed by atoms with E-state index >= 15 is 0 Å². The molecule has 0 bridgehead atoms. The summed E-state index contributed by atoms with van der Waals surface area (Å²) >= 11 is 0. The highest BCUT2D eigenvalue weighted by Gasteiger charge is 2.29. The van der Waals surface area contributed by atoms with Crippen molar-refractivity contribution in [1.29, 1.82) is 0 Å². The Morgan fingerprint density at radius 2 is 1.74 bits per heavy atom. The van der Waals surface area contributed by atoms with E-state index in [9.17, 15) is 14.4 Å². The van der Waals surface area contributed by atoms with Crippen molar-refractivity contribution >= 4 is 23.0 Å². The number of benzene rings is 1. The van der Waals surface area contributed by atoms with Crippen molar-refractivity contribution in [3.05, 3.63) is 39.2 Å². The first-order valence-corrected chi connectivity index (χ1v) is 10.8. The number of hydrogen-bond acceptors (Lipinski definition) is 6. The van der Waals surface area contributed by atoms with Crippen molar-refractivity contribution in [2.45, 2.75) is 78.9 Å². The largest absolute Gasteiger partial charge is 0.444 e. The number of aryl methyl sites for hydroxylation is 2. The molecule has 168 valence electrons. The van der Waals surface area contributed by atoms with Gasteiger partial charge in [-0.25, -0.2) is 14.4 Å². The van der Waals surface area contributed by atoms with Gasteiger partial charge in [0.25, 0.3) is 0 Å². The van der Waals surface area contributed by atoms with E-state index in [-0.39, 0.29) is 11.5 Å². The third-order valence-electron chi connectivity index (χ3n) is 5.39. The Labute approximate surface area is 182 Å². The highest BCUT2D eigenvalue weighted by molar-refractivity contribution is 5.88. The molecule has 0 spiro atoms. The standard InChI is InChI=1S/C24H31NO6/c1-13(2)19(25-23(28)31-24(4,5)6)22(27)29-18-12-11-16-15-9-7-8-10-17(15)21(26)30-20(16)14(18)3/h11-13,19H,7-10H2,1-6H3,(H,25,28). The van der Waals surface area contributed by atoms with Gasteiger partial charge in [0, 0.05) is 16.5 Å². The van der Waals surface area contributed by atoms with E-state index in [0.717, 1.165) is 42.2 Å². The van der Waals surface area contributed by atoms with Gasteiger partial charge in [-0.2, -0.15) is 0 Å². The second-order valence-corrected chi connectivity index (χ2v) is 9.41. The van der Waals surface area contributed by atoms with E-state index in [4.69, 9.17) is 13.9 Å². The maximum absolute atomic E-state index is 12.9. The molecule has 3 rings (SSSR count). The Kier molecular flexibility index (Phi) is 6.43. The average Bonchev–Trinajstić information content (AvgIpc) is 2.67. The topological polar surface area (TPSA) is 94.8 Å². The first-order chi connectivity index (χ1) is 14.5. The third-order valence-corrected chi connectivity index (χ3v) is 5.39. The summed E-state index contributed by atoms with van der Waals surface area (Å²) in [7, 11) is 0. The van der Waals surface area contributed by atoms with Crippen LogP contribution in [-0.4, -0.2) is 23.7 Å². The lowest BCUT2D eigenvalue weighted by atomic mass is 9.90. The predicted octanol–water partition coefficient (Wildman–Crippen LogP) is 4.43. The molecule has 0 saturated heterocycles. The molecule has 0 aliphatic heterocycles. The number of carbonyl (C=O) groups is 2. The fraction of sp³-hybridized carbons (Fsp3) is 0.542. The van der Waals surface area contributed by atoms with Crippen LogP contribution < -0.4 is 15.7 Å². The van der Waals surface area contributed by atoms with Gasteiger partial charge in [-0.1, -0.05) is 13.8 Å². The first kappa shape index (κ1) is 22.8. The number of carbonyl (C=O) groups excluding carboxylic acids is 2. The lowest BCUT2D eigenvalue weighted by Crippen LogP contribution is -2.48. The minimum Gasteiger partial charge on any atom is -0.444 e. The molecule has 1 heterocycles. The van der Waals surface area contributed by atoms with Crippen LogP contribution in [0.4, 0.5) is 4.79 Å². The van der Waals surface area contributed by atoms with Crippen molar-refractivity contribution < 1.29 is 23.5 Å². The molecule has 1 atom stereocenters. The summed E-state index contributed by atoms with van der Waals surface area (Å²) in [5, 5.41) is 3.48. The van der Waals surface area contributed by atoms with E-state index in [1.165, 1.54) is 0 Å². The van der Waals surface area contributed by atoms with Crippen LogP contribution in [0.5, 0.6) is 5.75 Å². The predicted molar refractivity (Wildman–Crippen MR) is 117 cm³/mol. The van der Waals surface area contributed by atoms with Gasteiger partial charge in [-0.05, 0) is 77.0 Å². The Bertz CT molecular complexity index is 1060. The number of nitrogens with one attached hydrogen (secondary N) is 1. The fourth-order valence-electron chi connectivity index (χ4n) is 3.84.